The number of alkyl halides is 2. The third-order valence-corrected chi connectivity index (χ3v) is 19.9. The van der Waals surface area contributed by atoms with Crippen LogP contribution in [0, 0.1) is 5.82 Å². The van der Waals surface area contributed by atoms with Crippen molar-refractivity contribution in [3.8, 4) is 5.75 Å². The molecular weight excluding hydrogens is 1510 g/mol. The minimum absolute atomic E-state index is 0.0422. The Hall–Kier alpha value is -15.1. The molecule has 10 aromatic rings. The van der Waals surface area contributed by atoms with E-state index in [4.69, 9.17) is 0 Å². The Morgan fingerprint density at radius 2 is 0.695 bits per heavy atom. The van der Waals surface area contributed by atoms with Gasteiger partial charge in [-0.2, -0.15) is 8.78 Å². The zero-order chi connectivity index (χ0) is 83.2. The number of amides is 4. The van der Waals surface area contributed by atoms with Crippen LogP contribution in [0.1, 0.15) is 156 Å². The van der Waals surface area contributed by atoms with Crippen LogP contribution < -0.4 is 36.2 Å². The maximum atomic E-state index is 14.1. The van der Waals surface area contributed by atoms with Gasteiger partial charge in [-0.25, -0.2) is 4.39 Å². The lowest BCUT2D eigenvalue weighted by atomic mass is 9.84. The molecule has 0 unspecified atom stereocenters. The van der Waals surface area contributed by atoms with Crippen LogP contribution in [-0.2, 0) is 0 Å². The summed E-state index contributed by atoms with van der Waals surface area (Å²) in [5, 5.41) is 13.3. The average Bonchev–Trinajstić information content (AvgIpc) is 0.776. The number of anilines is 1. The van der Waals surface area contributed by atoms with Crippen LogP contribution in [0.2, 0.25) is 0 Å². The molecule has 4 amide bonds. The fourth-order valence-corrected chi connectivity index (χ4v) is 14.2. The largest absolute Gasteiger partial charge is 0.433 e. The van der Waals surface area contributed by atoms with E-state index < -0.39 is 47.0 Å². The SMILES string of the molecule is C=CCNC1=C(NC(=O)c2ccccc2)C(=O)c2ccccc2C1=O.CC(F)(F)Oc1ccc(C2=C(NC(=O)c3ccccc3F)C(=O)c3ccccc3C2=O)cc1.O=C(NC1=C(N2CCCCC2)C(=O)c2ccccc2C1=O)c1ccccc1.O=C(NC1=C(N2CCN(c3ccccc3)CC2)C(=O)c2ccccc2C1=O)c1ccccc1. The van der Waals surface area contributed by atoms with Gasteiger partial charge in [-0.3, -0.25) is 57.5 Å². The summed E-state index contributed by atoms with van der Waals surface area (Å²) in [7, 11) is 0. The van der Waals surface area contributed by atoms with Crippen LogP contribution in [-0.4, -0.2) is 132 Å². The number of likely N-dealkylation sites (tertiary alicyclic amines) is 1. The molecule has 24 heteroatoms. The third kappa shape index (κ3) is 18.0. The van der Waals surface area contributed by atoms with Gasteiger partial charge in [0.25, 0.3) is 23.6 Å². The van der Waals surface area contributed by atoms with Crippen molar-refractivity contribution < 1.29 is 75.4 Å². The van der Waals surface area contributed by atoms with E-state index in [0.717, 1.165) is 31.0 Å². The molecule has 0 bridgehead atoms. The van der Waals surface area contributed by atoms with Crippen LogP contribution in [0.25, 0.3) is 5.57 Å². The molecule has 0 saturated carbocycles. The zero-order valence-electron chi connectivity index (χ0n) is 63.5. The molecule has 21 nitrogen and oxygen atoms in total. The molecule has 16 rings (SSSR count). The first-order chi connectivity index (χ1) is 57.1. The summed E-state index contributed by atoms with van der Waals surface area (Å²) in [6.07, 6.45) is 1.20. The number of carbonyl (C=O) groups excluding carboxylic acids is 12. The number of benzene rings is 10. The Balaban J connectivity index is 0.000000137. The summed E-state index contributed by atoms with van der Waals surface area (Å²) < 4.78 is 44.9. The summed E-state index contributed by atoms with van der Waals surface area (Å²) in [6.45, 7) is 8.43. The zero-order valence-corrected chi connectivity index (χ0v) is 63.5. The number of hydrogen-bond acceptors (Lipinski definition) is 17. The second kappa shape index (κ2) is 36.4. The number of piperidine rings is 1. The maximum absolute atomic E-state index is 14.1. The third-order valence-electron chi connectivity index (χ3n) is 19.9. The second-order valence-electron chi connectivity index (χ2n) is 27.6. The highest BCUT2D eigenvalue weighted by Gasteiger charge is 2.41. The van der Waals surface area contributed by atoms with Crippen molar-refractivity contribution in [1.29, 1.82) is 0 Å². The van der Waals surface area contributed by atoms with Gasteiger partial charge in [-0.1, -0.05) is 200 Å². The highest BCUT2D eigenvalue weighted by atomic mass is 19.3. The molecule has 118 heavy (non-hydrogen) atoms. The summed E-state index contributed by atoms with van der Waals surface area (Å²) in [6, 6.07) is 72.5. The van der Waals surface area contributed by atoms with Crippen molar-refractivity contribution >= 4 is 81.2 Å². The van der Waals surface area contributed by atoms with Crippen LogP contribution in [0.4, 0.5) is 18.9 Å². The molecular formula is C94H75F3N8O13. The Bertz CT molecular complexity index is 5810. The molecule has 2 aliphatic heterocycles. The van der Waals surface area contributed by atoms with Gasteiger partial charge in [0.15, 0.2) is 5.78 Å². The number of fused-ring (bicyclic) bond motifs is 4. The number of carbonyl (C=O) groups is 12. The van der Waals surface area contributed by atoms with Crippen molar-refractivity contribution in [3.63, 3.8) is 0 Å². The van der Waals surface area contributed by atoms with Crippen molar-refractivity contribution in [2.45, 2.75) is 32.3 Å². The van der Waals surface area contributed by atoms with Crippen LogP contribution >= 0.6 is 0 Å². The number of ether oxygens (including phenoxy) is 1. The number of ketones is 8. The maximum Gasteiger partial charge on any atom is 0.394 e. The van der Waals surface area contributed by atoms with Crippen molar-refractivity contribution in [2.24, 2.45) is 0 Å². The summed E-state index contributed by atoms with van der Waals surface area (Å²) in [5.41, 5.74) is 4.83. The molecule has 0 atom stereocenters. The van der Waals surface area contributed by atoms with Gasteiger partial charge in [-0.05, 0) is 97.6 Å². The molecule has 0 radical (unpaired) electrons. The molecule has 0 spiro atoms. The highest BCUT2D eigenvalue weighted by Crippen LogP contribution is 2.36. The predicted octanol–water partition coefficient (Wildman–Crippen LogP) is 14.2. The van der Waals surface area contributed by atoms with Crippen LogP contribution in [0.15, 0.2) is 319 Å². The van der Waals surface area contributed by atoms with Gasteiger partial charge in [-0.15, -0.1) is 6.58 Å². The number of para-hydroxylation sites is 1. The molecule has 6 aliphatic rings. The predicted molar refractivity (Wildman–Crippen MR) is 436 cm³/mol. The Kier molecular flexibility index (Phi) is 25.0. The van der Waals surface area contributed by atoms with Crippen LogP contribution in [0.3, 0.4) is 0 Å². The van der Waals surface area contributed by atoms with E-state index in [0.29, 0.717) is 103 Å². The number of piperazine rings is 1. The number of nitrogens with one attached hydrogen (secondary N) is 5. The number of hydrogen-bond donors (Lipinski definition) is 5. The molecule has 2 heterocycles. The Labute approximate surface area is 675 Å². The minimum atomic E-state index is -3.41. The van der Waals surface area contributed by atoms with Gasteiger partial charge in [0.1, 0.15) is 51.4 Å². The van der Waals surface area contributed by atoms with Crippen molar-refractivity contribution in [3.05, 3.63) is 398 Å². The number of Topliss-reactive ketones (excluding diaryl/α,β-unsaturated/α-hetero) is 8. The van der Waals surface area contributed by atoms with Gasteiger partial charge < -0.3 is 46.0 Å². The summed E-state index contributed by atoms with van der Waals surface area (Å²) in [4.78, 5) is 162. The quantitative estimate of drug-likeness (QED) is 0.0530. The van der Waals surface area contributed by atoms with E-state index in [9.17, 15) is 70.7 Å². The first-order valence-electron chi connectivity index (χ1n) is 37.8. The molecule has 0 aromatic heterocycles. The molecule has 5 N–H and O–H groups in total. The number of nitrogens with zero attached hydrogens (tertiary/aromatic N) is 3. The van der Waals surface area contributed by atoms with Crippen molar-refractivity contribution in [1.82, 2.24) is 36.4 Å². The smallest absolute Gasteiger partial charge is 0.394 e. The van der Waals surface area contributed by atoms with E-state index >= 15 is 0 Å². The molecule has 2 fully saturated rings. The van der Waals surface area contributed by atoms with Gasteiger partial charge in [0.2, 0.25) is 40.5 Å². The number of halogens is 3. The second-order valence-corrected chi connectivity index (χ2v) is 27.6. The van der Waals surface area contributed by atoms with Crippen LogP contribution in [0.5, 0.6) is 5.75 Å². The Morgan fingerprint density at radius 3 is 1.11 bits per heavy atom. The standard InChI is InChI=1S/C27H23N3O3.C25H16F3NO4.C22H20N2O3.C20H16N2O3/c31-25-21-13-7-8-14-22(21)26(32)24(23(25)28-27(33)19-9-3-1-4-10-19)30-17-15-29(16-18-30)20-11-5-2-6-12-20;1-25(27,28)33-15-12-10-14(11-13-15)20-21(29-24(32)18-8-4-5-9-19(18)26)23(31)17-7-3-2-6-16(17)22(20)30;25-20-16-11-5-6-12-17(16)21(26)19(24-13-7-2-8-14-24)18(20)23-22(27)15-9-3-1-4-10-15;1-2-12-21-16-17(22-20(25)13-8-4-3-5-9-13)19(24)15-11-7-6-10-14(15)18(16)23/h1-14H,15-18H2,(H,28,33);2-13H,1H3,(H,29,32);1,3-6,9-12H,2,7-8,13-14H2,(H,23,27);2-11,21H,1,12H2,(H,22,25). The van der Waals surface area contributed by atoms with E-state index in [-0.39, 0.29) is 108 Å². The van der Waals surface area contributed by atoms with Gasteiger partial charge >= 0.3 is 6.11 Å². The van der Waals surface area contributed by atoms with Crippen molar-refractivity contribution in [2.75, 3.05) is 50.7 Å². The van der Waals surface area contributed by atoms with E-state index in [1.165, 1.54) is 54.6 Å². The average molecular weight is 1580 g/mol. The molecule has 10 aromatic carbocycles. The number of allylic oxidation sites excluding steroid dienone is 8. The first-order valence-corrected chi connectivity index (χ1v) is 37.8. The lowest BCUT2D eigenvalue weighted by Crippen LogP contribution is -2.49. The molecule has 4 aliphatic carbocycles. The summed E-state index contributed by atoms with van der Waals surface area (Å²) >= 11 is 0. The lowest BCUT2D eigenvalue weighted by Gasteiger charge is -2.39. The Morgan fingerprint density at radius 1 is 0.364 bits per heavy atom. The highest BCUT2D eigenvalue weighted by molar-refractivity contribution is 6.41. The van der Waals surface area contributed by atoms with E-state index in [1.807, 2.05) is 40.1 Å². The van der Waals surface area contributed by atoms with Gasteiger partial charge in [0.05, 0.1) is 11.1 Å². The normalized spacial score (nSPS) is 15.0. The fourth-order valence-electron chi connectivity index (χ4n) is 14.2. The van der Waals surface area contributed by atoms with E-state index in [1.54, 1.807) is 170 Å². The fraction of sp³-hybridized carbons (Fsp3) is 0.128. The molecule has 590 valence electrons. The lowest BCUT2D eigenvalue weighted by molar-refractivity contribution is -0.159. The first kappa shape index (κ1) is 81.0. The number of rotatable bonds is 17. The van der Waals surface area contributed by atoms with Gasteiger partial charge in [0, 0.05) is 120 Å². The topological polar surface area (TPSA) is 284 Å². The minimum Gasteiger partial charge on any atom is -0.433 e. The monoisotopic (exact) mass is 1580 g/mol. The molecule has 2 saturated heterocycles. The summed E-state index contributed by atoms with van der Waals surface area (Å²) in [5.74, 6) is -6.11. The van der Waals surface area contributed by atoms with E-state index in [2.05, 4.69) is 54.9 Å².